The molecule has 1 saturated heterocycles. The average molecular weight is 278 g/mol. The van der Waals surface area contributed by atoms with Crippen molar-refractivity contribution in [2.24, 2.45) is 5.92 Å². The Morgan fingerprint density at radius 2 is 2.25 bits per heavy atom. The highest BCUT2D eigenvalue weighted by Gasteiger charge is 2.22. The second-order valence-electron chi connectivity index (χ2n) is 5.35. The molecule has 1 fully saturated rings. The minimum atomic E-state index is -0.0371. The van der Waals surface area contributed by atoms with E-state index >= 15 is 0 Å². The summed E-state index contributed by atoms with van der Waals surface area (Å²) in [6.07, 6.45) is 6.77. The third kappa shape index (κ3) is 3.98. The molecule has 1 amide bonds. The molecule has 1 aromatic rings. The fourth-order valence-electron chi connectivity index (χ4n) is 2.74. The van der Waals surface area contributed by atoms with Gasteiger partial charge in [-0.25, -0.2) is 9.97 Å². The molecule has 6 heteroatoms. The van der Waals surface area contributed by atoms with Crippen molar-refractivity contribution in [3.8, 4) is 0 Å². The first-order valence-electron chi connectivity index (χ1n) is 7.04. The van der Waals surface area contributed by atoms with Crippen molar-refractivity contribution in [3.63, 3.8) is 0 Å². The lowest BCUT2D eigenvalue weighted by Gasteiger charge is -2.34. The summed E-state index contributed by atoms with van der Waals surface area (Å²) in [5.41, 5.74) is 0.526. The summed E-state index contributed by atoms with van der Waals surface area (Å²) in [7, 11) is 1.82. The van der Waals surface area contributed by atoms with Crippen molar-refractivity contribution < 1.29 is 9.90 Å². The van der Waals surface area contributed by atoms with Gasteiger partial charge in [0, 0.05) is 39.1 Å². The lowest BCUT2D eigenvalue weighted by atomic mass is 9.97. The number of hydrogen-bond donors (Lipinski definition) is 1. The summed E-state index contributed by atoms with van der Waals surface area (Å²) in [6, 6.07) is 0. The van der Waals surface area contributed by atoms with E-state index in [0.717, 1.165) is 39.0 Å². The predicted octanol–water partition coefficient (Wildman–Crippen LogP) is 0.253. The minimum Gasteiger partial charge on any atom is -0.395 e. The van der Waals surface area contributed by atoms with E-state index in [4.69, 9.17) is 5.11 Å². The van der Waals surface area contributed by atoms with Gasteiger partial charge in [-0.1, -0.05) is 0 Å². The molecular formula is C14H22N4O2. The SMILES string of the molecule is CN(C[C@@H]1CCCN(CCO)C1)C(=O)c1cncnc1. The number of carbonyl (C=O) groups is 1. The molecule has 1 atom stereocenters. The molecule has 20 heavy (non-hydrogen) atoms. The van der Waals surface area contributed by atoms with Crippen molar-refractivity contribution in [3.05, 3.63) is 24.3 Å². The lowest BCUT2D eigenvalue weighted by molar-refractivity contribution is 0.0715. The van der Waals surface area contributed by atoms with Crippen molar-refractivity contribution >= 4 is 5.91 Å². The van der Waals surface area contributed by atoms with Crippen LogP contribution in [0.2, 0.25) is 0 Å². The standard InChI is InChI=1S/C14H22N4O2/c1-17(14(20)13-7-15-11-16-8-13)9-12-3-2-4-18(10-12)5-6-19/h7-8,11-12,19H,2-6,9-10H2,1H3/t12-/m0/s1. The molecule has 0 aliphatic carbocycles. The Kier molecular flexibility index (Phi) is 5.43. The van der Waals surface area contributed by atoms with Gasteiger partial charge in [0.1, 0.15) is 6.33 Å². The van der Waals surface area contributed by atoms with Gasteiger partial charge in [-0.05, 0) is 25.3 Å². The number of piperidine rings is 1. The highest BCUT2D eigenvalue weighted by molar-refractivity contribution is 5.93. The molecular weight excluding hydrogens is 256 g/mol. The Labute approximate surface area is 119 Å². The maximum atomic E-state index is 12.2. The van der Waals surface area contributed by atoms with E-state index in [1.54, 1.807) is 17.3 Å². The van der Waals surface area contributed by atoms with Gasteiger partial charge in [0.2, 0.25) is 0 Å². The summed E-state index contributed by atoms with van der Waals surface area (Å²) < 4.78 is 0. The second kappa shape index (κ2) is 7.31. The molecule has 1 aliphatic heterocycles. The smallest absolute Gasteiger partial charge is 0.256 e. The number of hydrogen-bond acceptors (Lipinski definition) is 5. The van der Waals surface area contributed by atoms with Gasteiger partial charge in [-0.2, -0.15) is 0 Å². The fourth-order valence-corrected chi connectivity index (χ4v) is 2.74. The van der Waals surface area contributed by atoms with Gasteiger partial charge in [0.05, 0.1) is 12.2 Å². The zero-order chi connectivity index (χ0) is 14.4. The maximum absolute atomic E-state index is 12.2. The quantitative estimate of drug-likeness (QED) is 0.836. The van der Waals surface area contributed by atoms with E-state index in [1.165, 1.54) is 6.33 Å². The summed E-state index contributed by atoms with van der Waals surface area (Å²) in [6.45, 7) is 3.64. The Bertz CT molecular complexity index is 424. The van der Waals surface area contributed by atoms with E-state index in [1.807, 2.05) is 7.05 Å². The predicted molar refractivity (Wildman–Crippen MR) is 75.2 cm³/mol. The first-order chi connectivity index (χ1) is 9.70. The summed E-state index contributed by atoms with van der Waals surface area (Å²) in [5, 5.41) is 9.00. The van der Waals surface area contributed by atoms with Gasteiger partial charge in [0.25, 0.3) is 5.91 Å². The molecule has 110 valence electrons. The summed E-state index contributed by atoms with van der Waals surface area (Å²) in [5.74, 6) is 0.429. The maximum Gasteiger partial charge on any atom is 0.256 e. The molecule has 0 saturated carbocycles. The van der Waals surface area contributed by atoms with Crippen LogP contribution in [-0.4, -0.2) is 70.6 Å². The number of β-amino-alcohol motifs (C(OH)–C–C–N with tert-alkyl or cyclic N) is 1. The molecule has 2 rings (SSSR count). The van der Waals surface area contributed by atoms with Crippen molar-refractivity contribution in [1.82, 2.24) is 19.8 Å². The van der Waals surface area contributed by atoms with Gasteiger partial charge in [-0.15, -0.1) is 0 Å². The number of aliphatic hydroxyl groups excluding tert-OH is 1. The monoisotopic (exact) mass is 278 g/mol. The first-order valence-corrected chi connectivity index (χ1v) is 7.04. The van der Waals surface area contributed by atoms with Crippen molar-refractivity contribution in [2.45, 2.75) is 12.8 Å². The molecule has 1 N–H and O–H groups in total. The minimum absolute atomic E-state index is 0.0371. The zero-order valence-corrected chi connectivity index (χ0v) is 11.9. The average Bonchev–Trinajstić information content (AvgIpc) is 2.48. The second-order valence-corrected chi connectivity index (χ2v) is 5.35. The number of aromatic nitrogens is 2. The Balaban J connectivity index is 1.87. The topological polar surface area (TPSA) is 69.6 Å². The van der Waals surface area contributed by atoms with Crippen LogP contribution in [-0.2, 0) is 0 Å². The van der Waals surface area contributed by atoms with Gasteiger partial charge < -0.3 is 14.9 Å². The van der Waals surface area contributed by atoms with Crippen LogP contribution in [0.25, 0.3) is 0 Å². The van der Waals surface area contributed by atoms with Gasteiger partial charge in [-0.3, -0.25) is 4.79 Å². The largest absolute Gasteiger partial charge is 0.395 e. The van der Waals surface area contributed by atoms with Crippen molar-refractivity contribution in [2.75, 3.05) is 39.8 Å². The third-order valence-electron chi connectivity index (χ3n) is 3.71. The molecule has 0 aromatic carbocycles. The molecule has 1 aromatic heterocycles. The lowest BCUT2D eigenvalue weighted by Crippen LogP contribution is -2.42. The number of nitrogens with zero attached hydrogens (tertiary/aromatic N) is 4. The number of aliphatic hydroxyl groups is 1. The molecule has 6 nitrogen and oxygen atoms in total. The van der Waals surface area contributed by atoms with Crippen LogP contribution in [0.3, 0.4) is 0 Å². The molecule has 0 spiro atoms. The van der Waals surface area contributed by atoms with Gasteiger partial charge in [0.15, 0.2) is 0 Å². The van der Waals surface area contributed by atoms with Crippen molar-refractivity contribution in [1.29, 1.82) is 0 Å². The molecule has 2 heterocycles. The van der Waals surface area contributed by atoms with Gasteiger partial charge >= 0.3 is 0 Å². The van der Waals surface area contributed by atoms with E-state index in [2.05, 4.69) is 14.9 Å². The molecule has 1 aliphatic rings. The Hall–Kier alpha value is -1.53. The first kappa shape index (κ1) is 14.9. The van der Waals surface area contributed by atoms with Crippen LogP contribution in [0.1, 0.15) is 23.2 Å². The fraction of sp³-hybridized carbons (Fsp3) is 0.643. The zero-order valence-electron chi connectivity index (χ0n) is 11.9. The van der Waals surface area contributed by atoms with Crippen LogP contribution >= 0.6 is 0 Å². The van der Waals surface area contributed by atoms with Crippen LogP contribution in [0, 0.1) is 5.92 Å². The highest BCUT2D eigenvalue weighted by atomic mass is 16.3. The van der Waals surface area contributed by atoms with E-state index in [9.17, 15) is 4.79 Å². The van der Waals surface area contributed by atoms with Crippen LogP contribution in [0.5, 0.6) is 0 Å². The van der Waals surface area contributed by atoms with E-state index < -0.39 is 0 Å². The van der Waals surface area contributed by atoms with Crippen LogP contribution in [0.4, 0.5) is 0 Å². The number of rotatable bonds is 5. The molecule has 0 radical (unpaired) electrons. The van der Waals surface area contributed by atoms with E-state index in [0.29, 0.717) is 11.5 Å². The summed E-state index contributed by atoms with van der Waals surface area (Å²) in [4.78, 5) is 24.0. The highest BCUT2D eigenvalue weighted by Crippen LogP contribution is 2.17. The van der Waals surface area contributed by atoms with E-state index in [-0.39, 0.29) is 12.5 Å². The summed E-state index contributed by atoms with van der Waals surface area (Å²) >= 11 is 0. The number of amides is 1. The Morgan fingerprint density at radius 3 is 2.95 bits per heavy atom. The Morgan fingerprint density at radius 1 is 1.50 bits per heavy atom. The molecule has 0 unspecified atom stereocenters. The van der Waals surface area contributed by atoms with Crippen LogP contribution < -0.4 is 0 Å². The number of likely N-dealkylation sites (tertiary alicyclic amines) is 1. The normalized spacial score (nSPS) is 19.8. The molecule has 0 bridgehead atoms. The number of carbonyl (C=O) groups excluding carboxylic acids is 1. The van der Waals surface area contributed by atoms with Crippen LogP contribution in [0.15, 0.2) is 18.7 Å². The third-order valence-corrected chi connectivity index (χ3v) is 3.71.